The number of nitrogens with one attached hydrogen (secondary N) is 3. The highest BCUT2D eigenvalue weighted by atomic mass is 35.5. The molecule has 0 unspecified atom stereocenters. The number of nitrogens with two attached hydrogens (primary N) is 2. The third-order valence-electron chi connectivity index (χ3n) is 22.8. The van der Waals surface area contributed by atoms with E-state index in [0.29, 0.717) is 57.8 Å². The Morgan fingerprint density at radius 2 is 0.690 bits per heavy atom. The Morgan fingerprint density at radius 3 is 1.06 bits per heavy atom. The number of nitro groups is 3. The summed E-state index contributed by atoms with van der Waals surface area (Å²) in [6, 6.07) is 62.8. The van der Waals surface area contributed by atoms with Gasteiger partial charge in [-0.05, 0) is 130 Å². The van der Waals surface area contributed by atoms with Gasteiger partial charge in [0.15, 0.2) is 0 Å². The molecule has 7 N–H and O–H groups in total. The highest BCUT2D eigenvalue weighted by molar-refractivity contribution is 6.31. The van der Waals surface area contributed by atoms with Gasteiger partial charge < -0.3 is 88.8 Å². The molecule has 19 rings (SSSR count). The number of likely N-dealkylation sites (N-methyl/N-ethyl adjacent to an activating group) is 4. The smallest absolute Gasteiger partial charge is 0.307 e. The number of anilines is 10. The average molecular weight is 2020 g/mol. The Morgan fingerprint density at radius 1 is 0.359 bits per heavy atom. The van der Waals surface area contributed by atoms with Gasteiger partial charge in [0.05, 0.1) is 100 Å². The number of nitrogens with zero attached hydrogens (tertiary/aromatic N) is 22. The first-order valence-electron chi connectivity index (χ1n) is 44.6. The summed E-state index contributed by atoms with van der Waals surface area (Å²) in [4.78, 5) is 81.5. The molecule has 0 aliphatic carbocycles. The third-order valence-corrected chi connectivity index (χ3v) is 23.4. The third kappa shape index (κ3) is 26.1. The number of hydrogen-bond acceptors (Lipinski definition) is 29. The summed E-state index contributed by atoms with van der Waals surface area (Å²) in [5, 5.41) is 49.1. The lowest BCUT2D eigenvalue weighted by Gasteiger charge is -2.24. The van der Waals surface area contributed by atoms with E-state index >= 15 is 0 Å². The number of aromatic nitrogens is 15. The van der Waals surface area contributed by atoms with Crippen molar-refractivity contribution in [3.8, 4) is 68.0 Å². The van der Waals surface area contributed by atoms with Crippen molar-refractivity contribution in [3.63, 3.8) is 0 Å². The summed E-state index contributed by atoms with van der Waals surface area (Å²) in [6.45, 7) is 3.15. The molecular formula is C103H104Cl3F2N27O10. The number of methoxy groups -OCH3 is 4. The summed E-state index contributed by atoms with van der Waals surface area (Å²) in [5.74, 6) is 0.379. The Hall–Kier alpha value is -17.3. The summed E-state index contributed by atoms with van der Waals surface area (Å²) < 4.78 is 58.1. The van der Waals surface area contributed by atoms with Crippen LogP contribution in [0.1, 0.15) is 0 Å². The fraction of sp³-hybridized carbons (Fsp3) is 0.184. The van der Waals surface area contributed by atoms with Crippen LogP contribution < -0.4 is 56.2 Å². The monoisotopic (exact) mass is 2020 g/mol. The molecule has 0 aliphatic heterocycles. The van der Waals surface area contributed by atoms with Crippen LogP contribution in [0.2, 0.25) is 15.7 Å². The number of fused-ring (bicyclic) bond motifs is 5. The van der Waals surface area contributed by atoms with Crippen molar-refractivity contribution in [2.24, 2.45) is 35.2 Å². The molecule has 37 nitrogen and oxygen atoms in total. The predicted molar refractivity (Wildman–Crippen MR) is 570 cm³/mol. The number of aryl methyl sites for hydroxylation is 5. The molecule has 19 aromatic rings. The second-order valence-corrected chi connectivity index (χ2v) is 34.2. The van der Waals surface area contributed by atoms with Gasteiger partial charge >= 0.3 is 11.4 Å². The molecule has 10 heterocycles. The van der Waals surface area contributed by atoms with Crippen LogP contribution >= 0.6 is 34.8 Å². The van der Waals surface area contributed by atoms with Crippen LogP contribution in [0, 0.1) is 42.0 Å². The van der Waals surface area contributed by atoms with Crippen molar-refractivity contribution >= 4 is 164 Å². The van der Waals surface area contributed by atoms with E-state index in [4.69, 9.17) is 65.5 Å². The normalized spacial score (nSPS) is 10.8. The highest BCUT2D eigenvalue weighted by Crippen LogP contribution is 2.43. The van der Waals surface area contributed by atoms with Gasteiger partial charge in [-0.3, -0.25) is 30.3 Å². The molecular weight excluding hydrogens is 1920 g/mol. The van der Waals surface area contributed by atoms with Gasteiger partial charge in [0.1, 0.15) is 33.8 Å². The van der Waals surface area contributed by atoms with E-state index in [1.54, 1.807) is 50.1 Å². The van der Waals surface area contributed by atoms with Crippen LogP contribution in [0.5, 0.6) is 23.0 Å². The van der Waals surface area contributed by atoms with Gasteiger partial charge in [0, 0.05) is 251 Å². The van der Waals surface area contributed by atoms with E-state index in [1.165, 1.54) is 55.4 Å². The van der Waals surface area contributed by atoms with Gasteiger partial charge in [-0.15, -0.1) is 0 Å². The second-order valence-electron chi connectivity index (χ2n) is 33.1. The lowest BCUT2D eigenvalue weighted by molar-refractivity contribution is -0.387. The van der Waals surface area contributed by atoms with Crippen molar-refractivity contribution in [1.82, 2.24) is 82.5 Å². The molecule has 0 amide bonds. The quantitative estimate of drug-likeness (QED) is 0.0117. The molecule has 42 heteroatoms. The fourth-order valence-corrected chi connectivity index (χ4v) is 16.0. The first-order valence-corrected chi connectivity index (χ1v) is 45.7. The molecule has 10 aromatic heterocycles. The zero-order valence-corrected chi connectivity index (χ0v) is 84.0. The number of benzene rings is 9. The number of rotatable bonds is 25. The van der Waals surface area contributed by atoms with E-state index in [0.717, 1.165) is 127 Å². The van der Waals surface area contributed by atoms with Crippen molar-refractivity contribution in [2.75, 3.05) is 134 Å². The minimum Gasteiger partial charge on any atom is -0.494 e. The van der Waals surface area contributed by atoms with Crippen molar-refractivity contribution in [3.05, 3.63) is 326 Å². The molecule has 0 fully saturated rings. The topological polar surface area (TPSA) is 421 Å². The first kappa shape index (κ1) is 105. The molecule has 0 atom stereocenters. The zero-order valence-electron chi connectivity index (χ0n) is 81.7. The lowest BCUT2D eigenvalue weighted by Crippen LogP contribution is -2.29. The van der Waals surface area contributed by atoms with Gasteiger partial charge in [0.2, 0.25) is 40.0 Å². The van der Waals surface area contributed by atoms with Crippen molar-refractivity contribution in [1.29, 1.82) is 0 Å². The van der Waals surface area contributed by atoms with E-state index in [2.05, 4.69) is 200 Å². The van der Waals surface area contributed by atoms with E-state index in [9.17, 15) is 39.1 Å². The minimum atomic E-state index is -0.983. The molecule has 0 bridgehead atoms. The van der Waals surface area contributed by atoms with E-state index in [1.807, 2.05) is 174 Å². The minimum absolute atomic E-state index is 0.0280. The number of nitrogen functional groups attached to an aromatic ring is 2. The van der Waals surface area contributed by atoms with E-state index < -0.39 is 32.9 Å². The Labute approximate surface area is 847 Å². The summed E-state index contributed by atoms with van der Waals surface area (Å²) >= 11 is 16.6. The van der Waals surface area contributed by atoms with Crippen LogP contribution in [-0.2, 0) is 35.2 Å². The predicted octanol–water partition coefficient (Wildman–Crippen LogP) is 21.3. The van der Waals surface area contributed by atoms with Crippen LogP contribution in [0.3, 0.4) is 0 Å². The molecule has 0 saturated carbocycles. The van der Waals surface area contributed by atoms with Crippen LogP contribution in [-0.4, -0.2) is 194 Å². The number of nitro benzene ring substituents is 3. The molecule has 9 aromatic carbocycles. The Bertz CT molecular complexity index is 7820. The molecule has 145 heavy (non-hydrogen) atoms. The van der Waals surface area contributed by atoms with Crippen LogP contribution in [0.15, 0.2) is 268 Å². The highest BCUT2D eigenvalue weighted by Gasteiger charge is 2.26. The maximum atomic E-state index is 13.9. The van der Waals surface area contributed by atoms with Crippen LogP contribution in [0.4, 0.5) is 83.5 Å². The maximum absolute atomic E-state index is 13.9. The van der Waals surface area contributed by atoms with Gasteiger partial charge in [0.25, 0.3) is 5.69 Å². The standard InChI is InChI=1S/C25H29N7O3.C25H31N7O.C20H16FN5O3.C13H10ClN3.C9H9N.C7H7FN2O3.C4H2Cl2N2/c1-29(2)12-13-30(3)22-15-24(35-5)20(14-23(22)32(33)34)28-25-26-11-10-19(27-25)18-16-31(4)21-9-7-6-8-17(18)21;1-30(2)12-13-31(3)23-15-24(33-5)21(14-19(23)26)29-25-27-11-10-20(28-25)18-16-32(4)22-9-7-6-8-17(18)22;1-25-11-13(12-5-3-4-6-17(12)25)15-7-8-22-20(23-15)24-16-10-18(26(27)28)14(21)9-19(16)29-2;1-17-8-10(9-4-2-3-5-12(9)17)11-6-7-15-13(14)16-11;1-10-7-6-8-4-2-3-5-9(8)10;1-13-7-2-4(8)6(10(11)12)3-5(7)9;5-3-1-2-7-4(6)8-3/h6-11,14-16H,12-13H2,1-5H3,(H,26,27,28);6-11,14-16H,12-13,26H2,1-5H3,(H,27,28,29);3-11H,1-2H3,(H,22,23,24);2-8H,1H3;2-7H,1H3;2-3H,9H2,1H3;1-2H. The molecule has 0 radical (unpaired) electrons. The van der Waals surface area contributed by atoms with Gasteiger partial charge in [-0.2, -0.15) is 8.78 Å². The second kappa shape index (κ2) is 48.3. The molecule has 746 valence electrons. The average Bonchev–Trinajstić information content (AvgIpc) is 1.75. The Balaban J connectivity index is 0.000000149. The number of para-hydroxylation sites is 5. The van der Waals surface area contributed by atoms with E-state index in [-0.39, 0.29) is 50.0 Å². The molecule has 0 aliphatic rings. The lowest BCUT2D eigenvalue weighted by atomic mass is 10.1. The fourth-order valence-electron chi connectivity index (χ4n) is 15.5. The summed E-state index contributed by atoms with van der Waals surface area (Å²) in [7, 11) is 27.8. The Kier molecular flexibility index (Phi) is 35.0. The maximum Gasteiger partial charge on any atom is 0.307 e. The number of halogens is 5. The molecule has 0 saturated heterocycles. The largest absolute Gasteiger partial charge is 0.494 e. The molecule has 0 spiro atoms. The summed E-state index contributed by atoms with van der Waals surface area (Å²) in [5.41, 5.74) is 26.7. The van der Waals surface area contributed by atoms with Gasteiger partial charge in [-0.1, -0.05) is 103 Å². The zero-order chi connectivity index (χ0) is 104. The van der Waals surface area contributed by atoms with Gasteiger partial charge in [-0.25, -0.2) is 49.8 Å². The van der Waals surface area contributed by atoms with Crippen molar-refractivity contribution < 1.29 is 42.5 Å². The SMILES string of the molecule is COc1cc(F)c([N+](=O)[O-])cc1N.COc1cc(F)c([N+](=O)[O-])cc1Nc1nccc(-c2cn(C)c3ccccc23)n1.COc1cc(N(C)CCN(C)C)c(N)cc1Nc1nccc(-c2cn(C)c3ccccc23)n1.COc1cc(N(C)CCN(C)C)c([N+](=O)[O-])cc1Nc1nccc(-c2cn(C)c3ccccc23)n1.Clc1ccnc(Cl)n1.Cn1cc(-c2ccnc(Cl)n2)c2ccccc21.Cn1ccc2ccccc21. The number of hydrogen-bond donors (Lipinski definition) is 5. The number of ether oxygens (including phenoxy) is 4. The first-order chi connectivity index (χ1) is 69.6. The van der Waals surface area contributed by atoms with Crippen LogP contribution in [0.25, 0.3) is 99.5 Å². The van der Waals surface area contributed by atoms with Crippen molar-refractivity contribution in [2.45, 2.75) is 0 Å². The summed E-state index contributed by atoms with van der Waals surface area (Å²) in [6.07, 6.45) is 18.4.